The quantitative estimate of drug-likeness (QED) is 0.875. The maximum absolute atomic E-state index is 12.7. The number of halogens is 1. The van der Waals surface area contributed by atoms with E-state index in [0.717, 1.165) is 36.5 Å². The average Bonchev–Trinajstić information content (AvgIpc) is 2.60. The average molecular weight is 333 g/mol. The van der Waals surface area contributed by atoms with Gasteiger partial charge in [-0.25, -0.2) is 4.98 Å². The van der Waals surface area contributed by atoms with Gasteiger partial charge in [-0.3, -0.25) is 4.79 Å². The van der Waals surface area contributed by atoms with Gasteiger partial charge < -0.3 is 10.0 Å². The molecule has 0 bridgehead atoms. The van der Waals surface area contributed by atoms with E-state index in [0.29, 0.717) is 16.8 Å². The predicted molar refractivity (Wildman–Crippen MR) is 91.7 cm³/mol. The minimum absolute atomic E-state index is 0.0925. The molecule has 4 nitrogen and oxygen atoms in total. The number of pyridine rings is 1. The molecule has 1 amide bonds. The summed E-state index contributed by atoms with van der Waals surface area (Å²) in [5, 5.41) is 11.4. The molecule has 0 atom stereocenters. The molecule has 1 aliphatic rings. The largest absolute Gasteiger partial charge is 0.396 e. The molecule has 122 valence electrons. The maximum atomic E-state index is 12.7. The van der Waals surface area contributed by atoms with Gasteiger partial charge in [-0.2, -0.15) is 0 Å². The number of rotatable bonds is 3. The lowest BCUT2D eigenvalue weighted by molar-refractivity contribution is 0.0647. The number of fused-ring (bicyclic) bond motifs is 1. The Morgan fingerprint density at radius 2 is 2.00 bits per heavy atom. The zero-order valence-corrected chi connectivity index (χ0v) is 14.0. The molecule has 1 heterocycles. The van der Waals surface area contributed by atoms with Crippen molar-refractivity contribution in [3.63, 3.8) is 0 Å². The molecular weight excluding hydrogens is 312 g/mol. The number of benzene rings is 1. The van der Waals surface area contributed by atoms with Crippen molar-refractivity contribution in [2.24, 2.45) is 5.92 Å². The number of nitrogens with zero attached hydrogens (tertiary/aromatic N) is 2. The van der Waals surface area contributed by atoms with E-state index in [1.54, 1.807) is 11.0 Å². The van der Waals surface area contributed by atoms with Gasteiger partial charge in [0.05, 0.1) is 0 Å². The first-order valence-electron chi connectivity index (χ1n) is 8.03. The first-order valence-corrected chi connectivity index (χ1v) is 8.41. The molecule has 0 aliphatic heterocycles. The number of aliphatic hydroxyl groups excluding tert-OH is 1. The number of carbonyl (C=O) groups is 1. The number of carbonyl (C=O) groups excluding carboxylic acids is 1. The van der Waals surface area contributed by atoms with E-state index < -0.39 is 0 Å². The third kappa shape index (κ3) is 3.33. The Balaban J connectivity index is 1.80. The van der Waals surface area contributed by atoms with Crippen molar-refractivity contribution in [2.45, 2.75) is 31.7 Å². The molecule has 2 aromatic rings. The Hall–Kier alpha value is -1.65. The minimum Gasteiger partial charge on any atom is -0.396 e. The number of hydrogen-bond donors (Lipinski definition) is 1. The highest BCUT2D eigenvalue weighted by molar-refractivity contribution is 6.34. The fourth-order valence-corrected chi connectivity index (χ4v) is 3.59. The summed E-state index contributed by atoms with van der Waals surface area (Å²) in [6, 6.07) is 9.68. The summed E-state index contributed by atoms with van der Waals surface area (Å²) in [6.45, 7) is 0.242. The van der Waals surface area contributed by atoms with E-state index >= 15 is 0 Å². The maximum Gasteiger partial charge on any atom is 0.272 e. The smallest absolute Gasteiger partial charge is 0.272 e. The third-order valence-corrected chi connectivity index (χ3v) is 5.14. The molecule has 5 heteroatoms. The van der Waals surface area contributed by atoms with Crippen molar-refractivity contribution in [3.8, 4) is 0 Å². The van der Waals surface area contributed by atoms with Crippen LogP contribution < -0.4 is 0 Å². The summed E-state index contributed by atoms with van der Waals surface area (Å²) >= 11 is 6.23. The van der Waals surface area contributed by atoms with Crippen LogP contribution in [0.2, 0.25) is 5.15 Å². The Morgan fingerprint density at radius 3 is 2.70 bits per heavy atom. The Morgan fingerprint density at radius 1 is 1.30 bits per heavy atom. The van der Waals surface area contributed by atoms with Crippen LogP contribution in [-0.4, -0.2) is 40.6 Å². The normalized spacial score (nSPS) is 21.3. The van der Waals surface area contributed by atoms with Gasteiger partial charge >= 0.3 is 0 Å². The molecule has 1 saturated carbocycles. The molecular formula is C18H21ClN2O2. The van der Waals surface area contributed by atoms with Gasteiger partial charge in [0.25, 0.3) is 5.91 Å². The second-order valence-corrected chi connectivity index (χ2v) is 6.65. The molecule has 1 fully saturated rings. The van der Waals surface area contributed by atoms with Gasteiger partial charge in [0.1, 0.15) is 10.8 Å². The summed E-state index contributed by atoms with van der Waals surface area (Å²) < 4.78 is 0. The second kappa shape index (κ2) is 6.85. The second-order valence-electron chi connectivity index (χ2n) is 6.29. The van der Waals surface area contributed by atoms with Crippen LogP contribution in [0.1, 0.15) is 36.2 Å². The number of aliphatic hydroxyl groups is 1. The van der Waals surface area contributed by atoms with Crippen molar-refractivity contribution in [3.05, 3.63) is 41.2 Å². The Labute approximate surface area is 141 Å². The van der Waals surface area contributed by atoms with Gasteiger partial charge in [-0.05, 0) is 43.1 Å². The summed E-state index contributed by atoms with van der Waals surface area (Å²) in [6.07, 6.45) is 3.78. The highest BCUT2D eigenvalue weighted by Crippen LogP contribution is 2.28. The topological polar surface area (TPSA) is 53.4 Å². The molecule has 1 N–H and O–H groups in total. The summed E-state index contributed by atoms with van der Waals surface area (Å²) in [5.74, 6) is 0.285. The number of amides is 1. The molecule has 0 spiro atoms. The van der Waals surface area contributed by atoms with Crippen molar-refractivity contribution in [2.75, 3.05) is 13.7 Å². The monoisotopic (exact) mass is 332 g/mol. The Kier molecular flexibility index (Phi) is 4.83. The van der Waals surface area contributed by atoms with Crippen LogP contribution in [0.25, 0.3) is 10.8 Å². The zero-order valence-electron chi connectivity index (χ0n) is 13.2. The molecule has 23 heavy (non-hydrogen) atoms. The summed E-state index contributed by atoms with van der Waals surface area (Å²) in [5.41, 5.74) is 0.389. The number of hydrogen-bond acceptors (Lipinski definition) is 3. The van der Waals surface area contributed by atoms with Crippen LogP contribution in [0.15, 0.2) is 30.3 Å². The summed E-state index contributed by atoms with van der Waals surface area (Å²) in [7, 11) is 1.83. The van der Waals surface area contributed by atoms with Gasteiger partial charge in [0, 0.05) is 25.1 Å². The summed E-state index contributed by atoms with van der Waals surface area (Å²) in [4.78, 5) is 18.8. The first kappa shape index (κ1) is 16.2. The van der Waals surface area contributed by atoms with Crippen molar-refractivity contribution >= 4 is 28.3 Å². The fraction of sp³-hybridized carbons (Fsp3) is 0.444. The number of aromatic nitrogens is 1. The third-order valence-electron chi connectivity index (χ3n) is 4.86. The van der Waals surface area contributed by atoms with Gasteiger partial charge in [0.2, 0.25) is 0 Å². The van der Waals surface area contributed by atoms with E-state index in [1.165, 1.54) is 0 Å². The standard InChI is InChI=1S/C18H21ClN2O2/c1-21(14-8-6-12(11-22)7-9-14)18(23)16-10-13-4-2-3-5-15(13)17(19)20-16/h2-5,10,12,14,22H,6-9,11H2,1H3. The molecule has 1 aromatic heterocycles. The first-order chi connectivity index (χ1) is 11.1. The van der Waals surface area contributed by atoms with Crippen molar-refractivity contribution < 1.29 is 9.90 Å². The Bertz CT molecular complexity index is 711. The molecule has 1 aromatic carbocycles. The van der Waals surface area contributed by atoms with E-state index in [-0.39, 0.29) is 18.6 Å². The minimum atomic E-state index is -0.0925. The van der Waals surface area contributed by atoms with E-state index in [9.17, 15) is 9.90 Å². The molecule has 0 unspecified atom stereocenters. The van der Waals surface area contributed by atoms with Crippen LogP contribution in [0.3, 0.4) is 0 Å². The van der Waals surface area contributed by atoms with Crippen LogP contribution in [0.5, 0.6) is 0 Å². The van der Waals surface area contributed by atoms with Crippen LogP contribution in [0.4, 0.5) is 0 Å². The highest BCUT2D eigenvalue weighted by atomic mass is 35.5. The van der Waals surface area contributed by atoms with Crippen molar-refractivity contribution in [1.29, 1.82) is 0 Å². The van der Waals surface area contributed by atoms with E-state index in [4.69, 9.17) is 11.6 Å². The van der Waals surface area contributed by atoms with E-state index in [2.05, 4.69) is 4.98 Å². The molecule has 0 saturated heterocycles. The molecule has 1 aliphatic carbocycles. The van der Waals surface area contributed by atoms with E-state index in [1.807, 2.05) is 31.3 Å². The SMILES string of the molecule is CN(C(=O)c1cc2ccccc2c(Cl)n1)C1CCC(CO)CC1. The van der Waals surface area contributed by atoms with Gasteiger partial charge in [-0.1, -0.05) is 35.9 Å². The van der Waals surface area contributed by atoms with Gasteiger partial charge in [0.15, 0.2) is 0 Å². The lowest BCUT2D eigenvalue weighted by atomic mass is 9.86. The lowest BCUT2D eigenvalue weighted by Crippen LogP contribution is -2.40. The fourth-order valence-electron chi connectivity index (χ4n) is 3.33. The van der Waals surface area contributed by atoms with Crippen molar-refractivity contribution in [1.82, 2.24) is 9.88 Å². The van der Waals surface area contributed by atoms with Gasteiger partial charge in [-0.15, -0.1) is 0 Å². The molecule has 3 rings (SSSR count). The molecule has 0 radical (unpaired) electrons. The predicted octanol–water partition coefficient (Wildman–Crippen LogP) is 3.51. The lowest BCUT2D eigenvalue weighted by Gasteiger charge is -2.34. The van der Waals surface area contributed by atoms with Crippen LogP contribution in [0, 0.1) is 5.92 Å². The zero-order chi connectivity index (χ0) is 16.4. The van der Waals surface area contributed by atoms with Crippen LogP contribution in [-0.2, 0) is 0 Å². The van der Waals surface area contributed by atoms with Crippen LogP contribution >= 0.6 is 11.6 Å². The highest BCUT2D eigenvalue weighted by Gasteiger charge is 2.27.